The van der Waals surface area contributed by atoms with E-state index in [1.807, 2.05) is 0 Å². The van der Waals surface area contributed by atoms with Crippen LogP contribution in [0.15, 0.2) is 12.2 Å². The van der Waals surface area contributed by atoms with Crippen molar-refractivity contribution in [3.8, 4) is 0 Å². The fourth-order valence-electron chi connectivity index (χ4n) is 10.0. The molecule has 3 nitrogen and oxygen atoms in total. The Kier molecular flexibility index (Phi) is 2.73. The van der Waals surface area contributed by atoms with Gasteiger partial charge >= 0.3 is 0 Å². The minimum atomic E-state index is -0.377. The molecule has 0 aromatic carbocycles. The molecule has 0 amide bonds. The molecule has 6 rings (SSSR count). The van der Waals surface area contributed by atoms with Gasteiger partial charge in [0.15, 0.2) is 0 Å². The molecule has 1 unspecified atom stereocenters. The van der Waals surface area contributed by atoms with E-state index in [1.54, 1.807) is 0 Å². The lowest BCUT2D eigenvalue weighted by molar-refractivity contribution is -0.171. The summed E-state index contributed by atoms with van der Waals surface area (Å²) in [6.45, 7) is 11.5. The molecule has 1 heterocycles. The molecule has 2 spiro atoms. The molecule has 10 atom stereocenters. The number of likely N-dealkylation sites (tertiary alicyclic amines) is 1. The topological polar surface area (TPSA) is 43.7 Å². The Labute approximate surface area is 151 Å². The second kappa shape index (κ2) is 4.36. The maximum absolute atomic E-state index is 11.4. The third-order valence-electron chi connectivity index (χ3n) is 10.5. The van der Waals surface area contributed by atoms with Crippen molar-refractivity contribution in [1.29, 1.82) is 0 Å². The first-order valence-corrected chi connectivity index (χ1v) is 10.7. The number of rotatable bonds is 1. The second-order valence-corrected chi connectivity index (χ2v) is 10.8. The zero-order valence-corrected chi connectivity index (χ0v) is 15.7. The van der Waals surface area contributed by atoms with Crippen LogP contribution in [0.4, 0.5) is 0 Å². The number of hydrogen-bond acceptors (Lipinski definition) is 3. The number of piperidine rings is 1. The SMILES string of the molecule is C=C1[C@H]2C[C@@]3(C4C[C@@H]5[C@@]6(C)CCC[C@]5([C@@H]3C[C@H]2O)[C@@H]4N(CC)C6)[C@@H]1O. The molecule has 1 aliphatic heterocycles. The molecular formula is C22H33NO2. The molecule has 0 aromatic rings. The summed E-state index contributed by atoms with van der Waals surface area (Å²) in [5.74, 6) is 2.08. The van der Waals surface area contributed by atoms with Crippen molar-refractivity contribution in [1.82, 2.24) is 4.90 Å². The summed E-state index contributed by atoms with van der Waals surface area (Å²) in [4.78, 5) is 2.80. The van der Waals surface area contributed by atoms with Gasteiger partial charge in [-0.25, -0.2) is 0 Å². The minimum Gasteiger partial charge on any atom is -0.392 e. The molecule has 0 radical (unpaired) electrons. The van der Waals surface area contributed by atoms with E-state index in [-0.39, 0.29) is 23.5 Å². The van der Waals surface area contributed by atoms with Crippen molar-refractivity contribution >= 4 is 0 Å². The fourth-order valence-corrected chi connectivity index (χ4v) is 10.0. The molecule has 2 N–H and O–H groups in total. The van der Waals surface area contributed by atoms with Crippen LogP contribution in [0.2, 0.25) is 0 Å². The molecule has 6 fully saturated rings. The van der Waals surface area contributed by atoms with Gasteiger partial charge in [0.2, 0.25) is 0 Å². The molecule has 3 heteroatoms. The zero-order chi connectivity index (χ0) is 17.4. The van der Waals surface area contributed by atoms with E-state index < -0.39 is 0 Å². The minimum absolute atomic E-state index is 0.0259. The number of aliphatic hydroxyl groups excluding tert-OH is 2. The fraction of sp³-hybridized carbons (Fsp3) is 0.909. The summed E-state index contributed by atoms with van der Waals surface area (Å²) in [7, 11) is 0. The van der Waals surface area contributed by atoms with E-state index in [0.29, 0.717) is 28.7 Å². The van der Waals surface area contributed by atoms with E-state index >= 15 is 0 Å². The van der Waals surface area contributed by atoms with Crippen LogP contribution in [0.1, 0.15) is 52.4 Å². The lowest BCUT2D eigenvalue weighted by Crippen LogP contribution is -2.63. The molecule has 138 valence electrons. The normalized spacial score (nSPS) is 64.6. The highest BCUT2D eigenvalue weighted by molar-refractivity contribution is 5.38. The van der Waals surface area contributed by atoms with Crippen LogP contribution in [0, 0.1) is 39.9 Å². The third kappa shape index (κ3) is 1.37. The van der Waals surface area contributed by atoms with Crippen LogP contribution in [0.3, 0.4) is 0 Å². The number of hydrogen-bond donors (Lipinski definition) is 2. The Morgan fingerprint density at radius 3 is 2.72 bits per heavy atom. The van der Waals surface area contributed by atoms with Gasteiger partial charge in [-0.05, 0) is 72.8 Å². The first-order chi connectivity index (χ1) is 11.9. The van der Waals surface area contributed by atoms with Crippen LogP contribution >= 0.6 is 0 Å². The summed E-state index contributed by atoms with van der Waals surface area (Å²) in [5, 5.41) is 22.3. The van der Waals surface area contributed by atoms with Gasteiger partial charge in [0, 0.05) is 23.9 Å². The molecule has 6 aliphatic rings. The van der Waals surface area contributed by atoms with Crippen molar-refractivity contribution < 1.29 is 10.2 Å². The average molecular weight is 344 g/mol. The van der Waals surface area contributed by atoms with Gasteiger partial charge in [0.1, 0.15) is 0 Å². The molecule has 0 aromatic heterocycles. The van der Waals surface area contributed by atoms with Gasteiger partial charge in [-0.15, -0.1) is 0 Å². The van der Waals surface area contributed by atoms with Crippen LogP contribution < -0.4 is 0 Å². The molecule has 5 saturated carbocycles. The summed E-state index contributed by atoms with van der Waals surface area (Å²) >= 11 is 0. The van der Waals surface area contributed by atoms with Gasteiger partial charge < -0.3 is 10.2 Å². The molecule has 7 bridgehead atoms. The maximum atomic E-state index is 11.4. The standard InChI is InChI=1S/C22H33NO2/c1-4-23-11-20(3)6-5-7-21-16(20)8-14(18(21)23)22-10-13(12(2)19(22)25)15(24)9-17(21)22/h13-19,24-25H,2,4-11H2,1,3H3/t13-,14?,15-,16-,17+,18-,19-,20+,21+,22+/m1/s1. The molecule has 25 heavy (non-hydrogen) atoms. The Morgan fingerprint density at radius 2 is 1.96 bits per heavy atom. The molecule has 1 saturated heterocycles. The lowest BCUT2D eigenvalue weighted by atomic mass is 9.44. The Hall–Kier alpha value is -0.380. The van der Waals surface area contributed by atoms with Crippen LogP contribution in [0.5, 0.6) is 0 Å². The maximum Gasteiger partial charge on any atom is 0.0813 e. The number of fused-ring (bicyclic) bond motifs is 1. The van der Waals surface area contributed by atoms with Gasteiger partial charge in [0.25, 0.3) is 0 Å². The van der Waals surface area contributed by atoms with Crippen LogP contribution in [-0.2, 0) is 0 Å². The van der Waals surface area contributed by atoms with Crippen molar-refractivity contribution in [2.75, 3.05) is 13.1 Å². The largest absolute Gasteiger partial charge is 0.392 e. The van der Waals surface area contributed by atoms with Gasteiger partial charge in [0.05, 0.1) is 12.2 Å². The second-order valence-electron chi connectivity index (χ2n) is 10.8. The van der Waals surface area contributed by atoms with Crippen molar-refractivity contribution in [3.05, 3.63) is 12.2 Å². The third-order valence-corrected chi connectivity index (χ3v) is 10.5. The number of aliphatic hydroxyl groups is 2. The van der Waals surface area contributed by atoms with E-state index in [2.05, 4.69) is 25.3 Å². The first-order valence-electron chi connectivity index (χ1n) is 10.7. The van der Waals surface area contributed by atoms with E-state index in [9.17, 15) is 10.2 Å². The molecular weight excluding hydrogens is 310 g/mol. The van der Waals surface area contributed by atoms with Crippen molar-refractivity contribution in [2.24, 2.45) is 39.9 Å². The van der Waals surface area contributed by atoms with E-state index in [0.717, 1.165) is 30.9 Å². The number of nitrogens with zero attached hydrogens (tertiary/aromatic N) is 1. The summed E-state index contributed by atoms with van der Waals surface area (Å²) in [6, 6.07) is 0.646. The smallest absolute Gasteiger partial charge is 0.0813 e. The predicted octanol–water partition coefficient (Wildman–Crippen LogP) is 2.82. The lowest BCUT2D eigenvalue weighted by Gasteiger charge is -2.64. The van der Waals surface area contributed by atoms with Crippen molar-refractivity contribution in [2.45, 2.75) is 70.6 Å². The Bertz CT molecular complexity index is 662. The van der Waals surface area contributed by atoms with Crippen LogP contribution in [-0.4, -0.2) is 46.5 Å². The van der Waals surface area contributed by atoms with Crippen molar-refractivity contribution in [3.63, 3.8) is 0 Å². The molecule has 5 aliphatic carbocycles. The predicted molar refractivity (Wildman–Crippen MR) is 96.8 cm³/mol. The Morgan fingerprint density at radius 1 is 1.16 bits per heavy atom. The summed E-state index contributed by atoms with van der Waals surface area (Å²) in [6.07, 6.45) is 6.63. The summed E-state index contributed by atoms with van der Waals surface area (Å²) in [5.41, 5.74) is 1.78. The van der Waals surface area contributed by atoms with Gasteiger partial charge in [-0.2, -0.15) is 0 Å². The average Bonchev–Trinajstić information content (AvgIpc) is 3.08. The highest BCUT2D eigenvalue weighted by Gasteiger charge is 2.83. The highest BCUT2D eigenvalue weighted by atomic mass is 16.3. The van der Waals surface area contributed by atoms with Gasteiger partial charge in [-0.3, -0.25) is 4.90 Å². The monoisotopic (exact) mass is 343 g/mol. The van der Waals surface area contributed by atoms with E-state index in [1.165, 1.54) is 32.2 Å². The Balaban J connectivity index is 1.58. The van der Waals surface area contributed by atoms with E-state index in [4.69, 9.17) is 0 Å². The van der Waals surface area contributed by atoms with Gasteiger partial charge in [-0.1, -0.05) is 26.8 Å². The summed E-state index contributed by atoms with van der Waals surface area (Å²) < 4.78 is 0. The zero-order valence-electron chi connectivity index (χ0n) is 15.7. The highest BCUT2D eigenvalue weighted by Crippen LogP contribution is 2.83. The quantitative estimate of drug-likeness (QED) is 0.720. The first kappa shape index (κ1) is 15.7. The van der Waals surface area contributed by atoms with Crippen LogP contribution in [0.25, 0.3) is 0 Å².